The molecule has 0 spiro atoms. The van der Waals surface area contributed by atoms with Crippen molar-refractivity contribution in [2.45, 2.75) is 25.7 Å². The molecule has 0 fully saturated rings. The van der Waals surface area contributed by atoms with Gasteiger partial charge >= 0.3 is 6.36 Å². The second-order valence-corrected chi connectivity index (χ2v) is 7.69. The summed E-state index contributed by atoms with van der Waals surface area (Å²) in [5, 5.41) is 10.9. The van der Waals surface area contributed by atoms with Gasteiger partial charge in [-0.3, -0.25) is 9.78 Å². The number of nitrogens with two attached hydrogens (primary N) is 1. The molecule has 11 heteroatoms. The van der Waals surface area contributed by atoms with Crippen LogP contribution < -0.4 is 15.8 Å². The van der Waals surface area contributed by atoms with E-state index in [-0.39, 0.29) is 18.1 Å². The van der Waals surface area contributed by atoms with Crippen molar-refractivity contribution < 1.29 is 22.7 Å². The van der Waals surface area contributed by atoms with Crippen LogP contribution in [0.3, 0.4) is 0 Å². The number of nitrogens with zero attached hydrogens (tertiary/aromatic N) is 4. The molecule has 0 radical (unpaired) electrons. The molecule has 0 aliphatic carbocycles. The van der Waals surface area contributed by atoms with Crippen molar-refractivity contribution in [3.63, 3.8) is 0 Å². The van der Waals surface area contributed by atoms with Gasteiger partial charge in [0.15, 0.2) is 0 Å². The van der Waals surface area contributed by atoms with Crippen molar-refractivity contribution >= 4 is 17.3 Å². The van der Waals surface area contributed by atoms with E-state index in [1.54, 1.807) is 35.4 Å². The molecular weight excluding hydrogens is 461 g/mol. The van der Waals surface area contributed by atoms with Gasteiger partial charge in [-0.15, -0.1) is 18.3 Å². The molecule has 35 heavy (non-hydrogen) atoms. The Balaban J connectivity index is 1.31. The predicted octanol–water partition coefficient (Wildman–Crippen LogP) is 4.44. The number of carbonyl (C=O) groups excluding carboxylic acids is 1. The van der Waals surface area contributed by atoms with Crippen LogP contribution in [0.2, 0.25) is 0 Å². The van der Waals surface area contributed by atoms with Gasteiger partial charge in [0.05, 0.1) is 23.6 Å². The minimum absolute atomic E-state index is 0.165. The standard InChI is InChI=1S/C24H21F3N6O2/c25-24(26,27)35-20-7-3-16(4-8-20)14-33-15-19(31-32-33)6-10-23(34)30-22-12-17(5-9-21(22)28)18-2-1-11-29-13-18/h1-5,7-9,11-13,15H,6,10,14,28H2,(H,30,34). The molecule has 4 rings (SSSR count). The lowest BCUT2D eigenvalue weighted by Gasteiger charge is -2.10. The lowest BCUT2D eigenvalue weighted by Crippen LogP contribution is -2.17. The number of halogens is 3. The molecule has 3 N–H and O–H groups in total. The van der Waals surface area contributed by atoms with Crippen LogP contribution in [0.25, 0.3) is 11.1 Å². The monoisotopic (exact) mass is 482 g/mol. The summed E-state index contributed by atoms with van der Waals surface area (Å²) >= 11 is 0. The number of nitrogens with one attached hydrogen (secondary N) is 1. The zero-order chi connectivity index (χ0) is 24.8. The molecule has 2 heterocycles. The average molecular weight is 482 g/mol. The van der Waals surface area contributed by atoms with Crippen molar-refractivity contribution in [3.8, 4) is 16.9 Å². The van der Waals surface area contributed by atoms with Gasteiger partial charge in [0.1, 0.15) is 5.75 Å². The van der Waals surface area contributed by atoms with Gasteiger partial charge < -0.3 is 15.8 Å². The van der Waals surface area contributed by atoms with Crippen LogP contribution in [-0.4, -0.2) is 32.2 Å². The SMILES string of the molecule is Nc1ccc(-c2cccnc2)cc1NC(=O)CCc1cn(Cc2ccc(OC(F)(F)F)cc2)nn1. The molecule has 0 saturated carbocycles. The summed E-state index contributed by atoms with van der Waals surface area (Å²) in [6, 6.07) is 14.6. The normalized spacial score (nSPS) is 11.3. The van der Waals surface area contributed by atoms with Crippen LogP contribution in [0, 0.1) is 0 Å². The Labute approximate surface area is 198 Å². The van der Waals surface area contributed by atoms with E-state index >= 15 is 0 Å². The summed E-state index contributed by atoms with van der Waals surface area (Å²) in [6.45, 7) is 0.309. The van der Waals surface area contributed by atoms with Crippen molar-refractivity contribution in [2.75, 3.05) is 11.1 Å². The Kier molecular flexibility index (Phi) is 6.95. The van der Waals surface area contributed by atoms with E-state index in [0.717, 1.165) is 16.7 Å². The molecule has 4 aromatic rings. The molecule has 0 atom stereocenters. The molecule has 0 aliphatic heterocycles. The van der Waals surface area contributed by atoms with Crippen molar-refractivity contribution in [1.82, 2.24) is 20.0 Å². The Hall–Kier alpha value is -4.41. The molecular formula is C24H21F3N6O2. The molecule has 0 unspecified atom stereocenters. The Bertz CT molecular complexity index is 1290. The molecule has 1 amide bonds. The number of amides is 1. The first-order valence-electron chi connectivity index (χ1n) is 10.6. The molecule has 0 saturated heterocycles. The van der Waals surface area contributed by atoms with Gasteiger partial charge in [0.25, 0.3) is 0 Å². The van der Waals surface area contributed by atoms with Crippen LogP contribution in [0.5, 0.6) is 5.75 Å². The zero-order valence-corrected chi connectivity index (χ0v) is 18.4. The summed E-state index contributed by atoms with van der Waals surface area (Å²) in [6.07, 6.45) is 0.881. The fourth-order valence-electron chi connectivity index (χ4n) is 3.35. The smallest absolute Gasteiger partial charge is 0.406 e. The summed E-state index contributed by atoms with van der Waals surface area (Å²) in [5.74, 6) is -0.520. The summed E-state index contributed by atoms with van der Waals surface area (Å²) in [5.41, 5.74) is 10.1. The first kappa shape index (κ1) is 23.7. The highest BCUT2D eigenvalue weighted by atomic mass is 19.4. The fraction of sp³-hybridized carbons (Fsp3) is 0.167. The summed E-state index contributed by atoms with van der Waals surface area (Å²) in [7, 11) is 0. The van der Waals surface area contributed by atoms with Gasteiger partial charge in [-0.2, -0.15) is 0 Å². The second-order valence-electron chi connectivity index (χ2n) is 7.69. The van der Waals surface area contributed by atoms with Gasteiger partial charge in [0.2, 0.25) is 5.91 Å². The third-order valence-corrected chi connectivity index (χ3v) is 5.02. The fourth-order valence-corrected chi connectivity index (χ4v) is 3.35. The number of alkyl halides is 3. The Morgan fingerprint density at radius 2 is 1.89 bits per heavy atom. The third-order valence-electron chi connectivity index (χ3n) is 5.02. The van der Waals surface area contributed by atoms with E-state index in [0.29, 0.717) is 30.0 Å². The molecule has 2 aromatic carbocycles. The largest absolute Gasteiger partial charge is 0.573 e. The van der Waals surface area contributed by atoms with E-state index < -0.39 is 6.36 Å². The highest BCUT2D eigenvalue weighted by Gasteiger charge is 2.30. The van der Waals surface area contributed by atoms with Gasteiger partial charge in [-0.1, -0.05) is 29.5 Å². The van der Waals surface area contributed by atoms with Crippen LogP contribution in [0.15, 0.2) is 73.2 Å². The number of aromatic nitrogens is 4. The summed E-state index contributed by atoms with van der Waals surface area (Å²) < 4.78 is 42.2. The van der Waals surface area contributed by atoms with E-state index in [4.69, 9.17) is 5.73 Å². The van der Waals surface area contributed by atoms with Crippen LogP contribution in [0.4, 0.5) is 24.5 Å². The van der Waals surface area contributed by atoms with E-state index in [9.17, 15) is 18.0 Å². The quantitative estimate of drug-likeness (QED) is 0.360. The minimum atomic E-state index is -4.73. The second kappa shape index (κ2) is 10.2. The molecule has 0 aliphatic rings. The van der Waals surface area contributed by atoms with Crippen molar-refractivity contribution in [3.05, 3.63) is 84.4 Å². The lowest BCUT2D eigenvalue weighted by molar-refractivity contribution is -0.274. The number of nitrogen functional groups attached to an aromatic ring is 1. The molecule has 8 nitrogen and oxygen atoms in total. The van der Waals surface area contributed by atoms with Crippen LogP contribution in [-0.2, 0) is 17.8 Å². The lowest BCUT2D eigenvalue weighted by atomic mass is 10.1. The predicted molar refractivity (Wildman–Crippen MR) is 123 cm³/mol. The number of ether oxygens (including phenoxy) is 1. The van der Waals surface area contributed by atoms with Crippen LogP contribution >= 0.6 is 0 Å². The van der Waals surface area contributed by atoms with E-state index in [2.05, 4.69) is 25.3 Å². The van der Waals surface area contributed by atoms with Crippen LogP contribution in [0.1, 0.15) is 17.7 Å². The first-order chi connectivity index (χ1) is 16.7. The minimum Gasteiger partial charge on any atom is -0.406 e. The van der Waals surface area contributed by atoms with Gasteiger partial charge in [0, 0.05) is 37.0 Å². The number of rotatable bonds is 8. The highest BCUT2D eigenvalue weighted by molar-refractivity contribution is 5.95. The van der Waals surface area contributed by atoms with Crippen molar-refractivity contribution in [1.29, 1.82) is 0 Å². The number of pyridine rings is 1. The van der Waals surface area contributed by atoms with E-state index in [1.165, 1.54) is 24.3 Å². The number of anilines is 2. The maximum atomic E-state index is 12.5. The van der Waals surface area contributed by atoms with Gasteiger partial charge in [-0.25, -0.2) is 4.68 Å². The topological polar surface area (TPSA) is 108 Å². The molecule has 2 aromatic heterocycles. The number of carbonyl (C=O) groups is 1. The first-order valence-corrected chi connectivity index (χ1v) is 10.6. The number of hydrogen-bond donors (Lipinski definition) is 2. The number of aryl methyl sites for hydroxylation is 1. The highest BCUT2D eigenvalue weighted by Crippen LogP contribution is 2.27. The Morgan fingerprint density at radius 3 is 2.60 bits per heavy atom. The van der Waals surface area contributed by atoms with Gasteiger partial charge in [-0.05, 0) is 41.5 Å². The third kappa shape index (κ3) is 6.79. The maximum Gasteiger partial charge on any atom is 0.573 e. The summed E-state index contributed by atoms with van der Waals surface area (Å²) in [4.78, 5) is 16.6. The average Bonchev–Trinajstić information content (AvgIpc) is 3.27. The van der Waals surface area contributed by atoms with E-state index in [1.807, 2.05) is 18.2 Å². The maximum absolute atomic E-state index is 12.5. The zero-order valence-electron chi connectivity index (χ0n) is 18.4. The number of hydrogen-bond acceptors (Lipinski definition) is 6. The number of benzene rings is 2. The molecule has 0 bridgehead atoms. The molecule has 180 valence electrons. The Morgan fingerprint density at radius 1 is 1.09 bits per heavy atom. The van der Waals surface area contributed by atoms with Crippen molar-refractivity contribution in [2.24, 2.45) is 0 Å².